The van der Waals surface area contributed by atoms with E-state index in [0.29, 0.717) is 26.4 Å². The van der Waals surface area contributed by atoms with Gasteiger partial charge in [-0.1, -0.05) is 0 Å². The van der Waals surface area contributed by atoms with E-state index in [0.717, 1.165) is 0 Å². The highest BCUT2D eigenvalue weighted by Gasteiger charge is 2.22. The SMILES string of the molecule is CC(Cl)CNC(=O)C1COCCO1. The first-order valence-electron chi connectivity index (χ1n) is 4.31. The van der Waals surface area contributed by atoms with Crippen molar-refractivity contribution >= 4 is 17.5 Å². The normalized spacial score (nSPS) is 25.2. The molecule has 0 aromatic heterocycles. The summed E-state index contributed by atoms with van der Waals surface area (Å²) in [6, 6.07) is 0. The maximum atomic E-state index is 11.3. The smallest absolute Gasteiger partial charge is 0.251 e. The summed E-state index contributed by atoms with van der Waals surface area (Å²) in [5, 5.41) is 2.61. The van der Waals surface area contributed by atoms with Crippen molar-refractivity contribution in [3.05, 3.63) is 0 Å². The number of hydrogen-bond acceptors (Lipinski definition) is 3. The van der Waals surface area contributed by atoms with Crippen LogP contribution in [0, 0.1) is 0 Å². The number of carbonyl (C=O) groups is 1. The fraction of sp³-hybridized carbons (Fsp3) is 0.875. The fourth-order valence-corrected chi connectivity index (χ4v) is 1.07. The van der Waals surface area contributed by atoms with E-state index in [1.54, 1.807) is 0 Å². The van der Waals surface area contributed by atoms with Crippen molar-refractivity contribution in [2.45, 2.75) is 18.4 Å². The van der Waals surface area contributed by atoms with Gasteiger partial charge in [-0.2, -0.15) is 0 Å². The van der Waals surface area contributed by atoms with Gasteiger partial charge >= 0.3 is 0 Å². The monoisotopic (exact) mass is 207 g/mol. The second-order valence-corrected chi connectivity index (χ2v) is 3.71. The molecular formula is C8H14ClNO3. The molecule has 0 aliphatic carbocycles. The molecule has 0 aromatic rings. The minimum absolute atomic E-state index is 0.0616. The highest BCUT2D eigenvalue weighted by molar-refractivity contribution is 6.20. The first-order chi connectivity index (χ1) is 6.20. The van der Waals surface area contributed by atoms with Gasteiger partial charge in [0.25, 0.3) is 5.91 Å². The number of amides is 1. The molecule has 1 heterocycles. The summed E-state index contributed by atoms with van der Waals surface area (Å²) in [6.45, 7) is 3.66. The Morgan fingerprint density at radius 1 is 1.69 bits per heavy atom. The Kier molecular flexibility index (Phi) is 4.48. The van der Waals surface area contributed by atoms with Crippen LogP contribution in [0.3, 0.4) is 0 Å². The first-order valence-corrected chi connectivity index (χ1v) is 4.75. The predicted octanol–water partition coefficient (Wildman–Crippen LogP) is 0.145. The van der Waals surface area contributed by atoms with Crippen LogP contribution in [0.25, 0.3) is 0 Å². The van der Waals surface area contributed by atoms with Gasteiger partial charge in [-0.25, -0.2) is 0 Å². The predicted molar refractivity (Wildman–Crippen MR) is 48.9 cm³/mol. The molecule has 5 heteroatoms. The van der Waals surface area contributed by atoms with E-state index in [4.69, 9.17) is 21.1 Å². The molecular weight excluding hydrogens is 194 g/mol. The van der Waals surface area contributed by atoms with Gasteiger partial charge in [-0.3, -0.25) is 4.79 Å². The lowest BCUT2D eigenvalue weighted by Crippen LogP contribution is -2.44. The molecule has 13 heavy (non-hydrogen) atoms. The third-order valence-electron chi connectivity index (χ3n) is 1.67. The van der Waals surface area contributed by atoms with Crippen LogP contribution >= 0.6 is 11.6 Å². The van der Waals surface area contributed by atoms with E-state index in [1.165, 1.54) is 0 Å². The van der Waals surface area contributed by atoms with E-state index < -0.39 is 6.10 Å². The molecule has 1 N–H and O–H groups in total. The largest absolute Gasteiger partial charge is 0.376 e. The Morgan fingerprint density at radius 3 is 3.00 bits per heavy atom. The maximum absolute atomic E-state index is 11.3. The van der Waals surface area contributed by atoms with Crippen molar-refractivity contribution in [3.63, 3.8) is 0 Å². The van der Waals surface area contributed by atoms with Gasteiger partial charge in [0, 0.05) is 11.9 Å². The van der Waals surface area contributed by atoms with Crippen molar-refractivity contribution in [1.29, 1.82) is 0 Å². The number of halogens is 1. The molecule has 1 saturated heterocycles. The van der Waals surface area contributed by atoms with Crippen LogP contribution in [-0.2, 0) is 14.3 Å². The standard InChI is InChI=1S/C8H14ClNO3/c1-6(9)4-10-8(11)7-5-12-2-3-13-7/h6-7H,2-5H2,1H3,(H,10,11). The molecule has 1 aliphatic heterocycles. The molecule has 2 atom stereocenters. The molecule has 4 nitrogen and oxygen atoms in total. The Morgan fingerprint density at radius 2 is 2.46 bits per heavy atom. The van der Waals surface area contributed by atoms with E-state index >= 15 is 0 Å². The third kappa shape index (κ3) is 3.93. The minimum atomic E-state index is -0.468. The van der Waals surface area contributed by atoms with Gasteiger partial charge in [-0.15, -0.1) is 11.6 Å². The topological polar surface area (TPSA) is 47.6 Å². The van der Waals surface area contributed by atoms with Gasteiger partial charge in [0.15, 0.2) is 6.10 Å². The molecule has 0 spiro atoms. The van der Waals surface area contributed by atoms with Gasteiger partial charge in [0.2, 0.25) is 0 Å². The lowest BCUT2D eigenvalue weighted by atomic mass is 10.3. The highest BCUT2D eigenvalue weighted by Crippen LogP contribution is 2.00. The maximum Gasteiger partial charge on any atom is 0.251 e. The molecule has 2 unspecified atom stereocenters. The molecule has 1 fully saturated rings. The first kappa shape index (κ1) is 10.8. The second-order valence-electron chi connectivity index (χ2n) is 2.96. The Labute approximate surface area is 82.5 Å². The molecule has 1 rings (SSSR count). The molecule has 0 aromatic carbocycles. The number of nitrogens with one attached hydrogen (secondary N) is 1. The number of hydrogen-bond donors (Lipinski definition) is 1. The van der Waals surface area contributed by atoms with Crippen LogP contribution in [0.5, 0.6) is 0 Å². The van der Waals surface area contributed by atoms with Crippen molar-refractivity contribution in [1.82, 2.24) is 5.32 Å². The van der Waals surface area contributed by atoms with Crippen LogP contribution in [0.4, 0.5) is 0 Å². The zero-order chi connectivity index (χ0) is 9.68. The van der Waals surface area contributed by atoms with E-state index in [-0.39, 0.29) is 11.3 Å². The van der Waals surface area contributed by atoms with Crippen LogP contribution in [0.2, 0.25) is 0 Å². The van der Waals surface area contributed by atoms with Crippen LogP contribution < -0.4 is 5.32 Å². The molecule has 0 radical (unpaired) electrons. The Hall–Kier alpha value is -0.320. The van der Waals surface area contributed by atoms with Crippen molar-refractivity contribution in [2.24, 2.45) is 0 Å². The summed E-state index contributed by atoms with van der Waals surface area (Å²) in [5.41, 5.74) is 0. The van der Waals surface area contributed by atoms with Gasteiger partial charge < -0.3 is 14.8 Å². The summed E-state index contributed by atoms with van der Waals surface area (Å²) >= 11 is 5.67. The van der Waals surface area contributed by atoms with Gasteiger partial charge in [0.05, 0.1) is 19.8 Å². The number of carbonyl (C=O) groups excluding carboxylic acids is 1. The van der Waals surface area contributed by atoms with Gasteiger partial charge in [-0.05, 0) is 6.92 Å². The quantitative estimate of drug-likeness (QED) is 0.670. The second kappa shape index (κ2) is 5.42. The van der Waals surface area contributed by atoms with Crippen LogP contribution in [0.15, 0.2) is 0 Å². The summed E-state index contributed by atoms with van der Waals surface area (Å²) in [7, 11) is 0. The highest BCUT2D eigenvalue weighted by atomic mass is 35.5. The summed E-state index contributed by atoms with van der Waals surface area (Å²) in [5.74, 6) is -0.146. The molecule has 0 bridgehead atoms. The average molecular weight is 208 g/mol. The molecule has 76 valence electrons. The van der Waals surface area contributed by atoms with Crippen molar-refractivity contribution in [2.75, 3.05) is 26.4 Å². The third-order valence-corrected chi connectivity index (χ3v) is 1.82. The number of alkyl halides is 1. The van der Waals surface area contributed by atoms with Crippen LogP contribution in [0.1, 0.15) is 6.92 Å². The molecule has 0 saturated carbocycles. The lowest BCUT2D eigenvalue weighted by molar-refractivity contribution is -0.147. The van der Waals surface area contributed by atoms with Gasteiger partial charge in [0.1, 0.15) is 0 Å². The Balaban J connectivity index is 2.21. The molecule has 1 aliphatic rings. The lowest BCUT2D eigenvalue weighted by Gasteiger charge is -2.22. The average Bonchev–Trinajstić information content (AvgIpc) is 2.15. The van der Waals surface area contributed by atoms with Crippen LogP contribution in [-0.4, -0.2) is 43.8 Å². The zero-order valence-corrected chi connectivity index (χ0v) is 8.34. The molecule has 1 amide bonds. The summed E-state index contributed by atoms with van der Waals surface area (Å²) in [4.78, 5) is 11.3. The summed E-state index contributed by atoms with van der Waals surface area (Å²) in [6.07, 6.45) is -0.468. The number of ether oxygens (including phenoxy) is 2. The van der Waals surface area contributed by atoms with Crippen molar-refractivity contribution < 1.29 is 14.3 Å². The van der Waals surface area contributed by atoms with E-state index in [1.807, 2.05) is 6.92 Å². The fourth-order valence-electron chi connectivity index (χ4n) is 0.994. The minimum Gasteiger partial charge on any atom is -0.376 e. The Bertz CT molecular complexity index is 169. The van der Waals surface area contributed by atoms with Crippen molar-refractivity contribution in [3.8, 4) is 0 Å². The zero-order valence-electron chi connectivity index (χ0n) is 7.59. The van der Waals surface area contributed by atoms with E-state index in [2.05, 4.69) is 5.32 Å². The summed E-state index contributed by atoms with van der Waals surface area (Å²) < 4.78 is 10.3. The van der Waals surface area contributed by atoms with E-state index in [9.17, 15) is 4.79 Å². The number of rotatable bonds is 3.